The van der Waals surface area contributed by atoms with E-state index in [1.165, 1.54) is 12.1 Å². The smallest absolute Gasteiger partial charge is 0.435 e. The van der Waals surface area contributed by atoms with Crippen molar-refractivity contribution in [1.29, 1.82) is 0 Å². The predicted molar refractivity (Wildman–Crippen MR) is 98.9 cm³/mol. The third-order valence-corrected chi connectivity index (χ3v) is 4.02. The van der Waals surface area contributed by atoms with E-state index in [0.717, 1.165) is 16.3 Å². The van der Waals surface area contributed by atoms with Crippen molar-refractivity contribution in [2.45, 2.75) is 13.1 Å². The number of nitrogens with zero attached hydrogens (tertiary/aromatic N) is 2. The minimum absolute atomic E-state index is 0.188. The summed E-state index contributed by atoms with van der Waals surface area (Å²) in [6, 6.07) is 14.1. The number of hydrogen-bond donors (Lipinski definition) is 1. The van der Waals surface area contributed by atoms with E-state index in [1.54, 1.807) is 30.3 Å². The number of para-hydroxylation sites is 1. The van der Waals surface area contributed by atoms with Gasteiger partial charge in [-0.15, -0.1) is 0 Å². The van der Waals surface area contributed by atoms with E-state index in [4.69, 9.17) is 16.3 Å². The molecule has 1 aromatic heterocycles. The number of benzene rings is 2. The highest BCUT2D eigenvalue weighted by molar-refractivity contribution is 6.32. The molecule has 0 bridgehead atoms. The molecule has 2 aromatic carbocycles. The second kappa shape index (κ2) is 7.93. The summed E-state index contributed by atoms with van der Waals surface area (Å²) in [5, 5.41) is 6.34. The maximum atomic E-state index is 13.1. The summed E-state index contributed by atoms with van der Waals surface area (Å²) in [6.07, 6.45) is -4.67. The number of rotatable bonds is 5. The van der Waals surface area contributed by atoms with Crippen LogP contribution in [0.25, 0.3) is 5.69 Å². The summed E-state index contributed by atoms with van der Waals surface area (Å²) in [4.78, 5) is 12.1. The van der Waals surface area contributed by atoms with Gasteiger partial charge in [0.2, 0.25) is 5.88 Å². The fourth-order valence-electron chi connectivity index (χ4n) is 2.46. The topological polar surface area (TPSA) is 56.1 Å². The van der Waals surface area contributed by atoms with Gasteiger partial charge >= 0.3 is 6.18 Å². The van der Waals surface area contributed by atoms with Gasteiger partial charge in [-0.3, -0.25) is 4.79 Å². The van der Waals surface area contributed by atoms with Crippen LogP contribution in [0.3, 0.4) is 0 Å². The lowest BCUT2D eigenvalue weighted by Gasteiger charge is -2.11. The molecule has 146 valence electrons. The van der Waals surface area contributed by atoms with Crippen LogP contribution in [0.2, 0.25) is 5.02 Å². The number of anilines is 1. The Hall–Kier alpha value is -3.00. The maximum Gasteiger partial charge on any atom is 0.435 e. The lowest BCUT2D eigenvalue weighted by atomic mass is 10.2. The first-order valence-corrected chi connectivity index (χ1v) is 8.53. The Bertz CT molecular complexity index is 1000. The van der Waals surface area contributed by atoms with Crippen LogP contribution in [0.4, 0.5) is 18.9 Å². The standard InChI is InChI=1S/C19H15ClF3N3O2/c1-12-5-4-6-13(9-12)24-17(27)11-28-18-10-16(19(21,22)23)25-26(18)15-8-3-2-7-14(15)20/h2-10H,11H2,1H3,(H,24,27). The third kappa shape index (κ3) is 4.64. The molecule has 0 fully saturated rings. The van der Waals surface area contributed by atoms with Crippen molar-refractivity contribution in [2.24, 2.45) is 0 Å². The van der Waals surface area contributed by atoms with E-state index in [9.17, 15) is 18.0 Å². The highest BCUT2D eigenvalue weighted by Gasteiger charge is 2.36. The lowest BCUT2D eigenvalue weighted by Crippen LogP contribution is -2.21. The summed E-state index contributed by atoms with van der Waals surface area (Å²) in [7, 11) is 0. The number of amides is 1. The molecule has 1 N–H and O–H groups in total. The zero-order valence-electron chi connectivity index (χ0n) is 14.6. The van der Waals surface area contributed by atoms with Crippen LogP contribution in [-0.4, -0.2) is 22.3 Å². The molecule has 0 atom stereocenters. The molecule has 0 aliphatic rings. The highest BCUT2D eigenvalue weighted by atomic mass is 35.5. The average molecular weight is 410 g/mol. The number of halogens is 4. The predicted octanol–water partition coefficient (Wildman–Crippen LogP) is 4.87. The third-order valence-electron chi connectivity index (χ3n) is 3.70. The van der Waals surface area contributed by atoms with Crippen LogP contribution >= 0.6 is 11.6 Å². The van der Waals surface area contributed by atoms with E-state index in [2.05, 4.69) is 10.4 Å². The molecule has 28 heavy (non-hydrogen) atoms. The number of nitrogens with one attached hydrogen (secondary N) is 1. The second-order valence-corrected chi connectivity index (χ2v) is 6.34. The van der Waals surface area contributed by atoms with Gasteiger partial charge in [-0.05, 0) is 36.8 Å². The average Bonchev–Trinajstić information content (AvgIpc) is 3.05. The monoisotopic (exact) mass is 409 g/mol. The molecule has 0 saturated carbocycles. The Balaban J connectivity index is 1.81. The SMILES string of the molecule is Cc1cccc(NC(=O)COc2cc(C(F)(F)F)nn2-c2ccccc2Cl)c1. The Labute approximate surface area is 163 Å². The number of aryl methyl sites for hydroxylation is 1. The van der Waals surface area contributed by atoms with Crippen molar-refractivity contribution in [3.05, 3.63) is 70.9 Å². The molecule has 3 rings (SSSR count). The van der Waals surface area contributed by atoms with Gasteiger partial charge in [0.1, 0.15) is 0 Å². The first kappa shape index (κ1) is 19.8. The van der Waals surface area contributed by atoms with Crippen LogP contribution in [0, 0.1) is 6.92 Å². The Morgan fingerprint density at radius 1 is 1.18 bits per heavy atom. The number of alkyl halides is 3. The van der Waals surface area contributed by atoms with Gasteiger partial charge in [-0.25, -0.2) is 0 Å². The highest BCUT2D eigenvalue weighted by Crippen LogP contribution is 2.33. The Kier molecular flexibility index (Phi) is 5.60. The largest absolute Gasteiger partial charge is 0.467 e. The molecule has 0 spiro atoms. The molecule has 0 aliphatic carbocycles. The van der Waals surface area contributed by atoms with Gasteiger partial charge in [0, 0.05) is 11.8 Å². The van der Waals surface area contributed by atoms with Crippen molar-refractivity contribution in [3.63, 3.8) is 0 Å². The van der Waals surface area contributed by atoms with Gasteiger partial charge in [-0.2, -0.15) is 23.0 Å². The Morgan fingerprint density at radius 2 is 1.93 bits per heavy atom. The normalized spacial score (nSPS) is 11.3. The summed E-state index contributed by atoms with van der Waals surface area (Å²) in [5.41, 5.74) is 0.560. The van der Waals surface area contributed by atoms with E-state index in [1.807, 2.05) is 13.0 Å². The number of hydrogen-bond acceptors (Lipinski definition) is 3. The summed E-state index contributed by atoms with van der Waals surface area (Å²) in [6.45, 7) is 1.37. The van der Waals surface area contributed by atoms with Gasteiger partial charge in [-0.1, -0.05) is 35.9 Å². The molecule has 1 heterocycles. The maximum absolute atomic E-state index is 13.1. The molecule has 0 unspecified atom stereocenters. The summed E-state index contributed by atoms with van der Waals surface area (Å²) >= 11 is 6.06. The van der Waals surface area contributed by atoms with Gasteiger partial charge < -0.3 is 10.1 Å². The zero-order chi connectivity index (χ0) is 20.3. The fraction of sp³-hybridized carbons (Fsp3) is 0.158. The fourth-order valence-corrected chi connectivity index (χ4v) is 2.68. The second-order valence-electron chi connectivity index (χ2n) is 5.94. The van der Waals surface area contributed by atoms with Crippen LogP contribution in [0.1, 0.15) is 11.3 Å². The molecule has 0 aliphatic heterocycles. The quantitative estimate of drug-likeness (QED) is 0.654. The number of carbonyl (C=O) groups excluding carboxylic acids is 1. The van der Waals surface area contributed by atoms with E-state index in [0.29, 0.717) is 5.69 Å². The Morgan fingerprint density at radius 3 is 2.61 bits per heavy atom. The number of ether oxygens (including phenoxy) is 1. The molecule has 0 radical (unpaired) electrons. The lowest BCUT2D eigenvalue weighted by molar-refractivity contribution is -0.141. The minimum Gasteiger partial charge on any atom is -0.467 e. The summed E-state index contributed by atoms with van der Waals surface area (Å²) in [5.74, 6) is -0.772. The number of aromatic nitrogens is 2. The first-order chi connectivity index (χ1) is 13.2. The van der Waals surface area contributed by atoms with E-state index >= 15 is 0 Å². The molecular weight excluding hydrogens is 395 g/mol. The van der Waals surface area contributed by atoms with Gasteiger partial charge in [0.15, 0.2) is 12.3 Å². The van der Waals surface area contributed by atoms with Gasteiger partial charge in [0.25, 0.3) is 5.91 Å². The zero-order valence-corrected chi connectivity index (χ0v) is 15.4. The van der Waals surface area contributed by atoms with Crippen LogP contribution < -0.4 is 10.1 Å². The van der Waals surface area contributed by atoms with E-state index in [-0.39, 0.29) is 16.6 Å². The molecule has 1 amide bonds. The molecule has 9 heteroatoms. The molecule has 0 saturated heterocycles. The van der Waals surface area contributed by atoms with Crippen molar-refractivity contribution >= 4 is 23.2 Å². The molecule has 5 nitrogen and oxygen atoms in total. The van der Waals surface area contributed by atoms with Crippen molar-refractivity contribution in [3.8, 4) is 11.6 Å². The summed E-state index contributed by atoms with van der Waals surface area (Å²) < 4.78 is 45.5. The van der Waals surface area contributed by atoms with Crippen molar-refractivity contribution in [2.75, 3.05) is 11.9 Å². The van der Waals surface area contributed by atoms with Crippen molar-refractivity contribution in [1.82, 2.24) is 9.78 Å². The van der Waals surface area contributed by atoms with Gasteiger partial charge in [0.05, 0.1) is 10.7 Å². The van der Waals surface area contributed by atoms with Crippen LogP contribution in [0.5, 0.6) is 5.88 Å². The first-order valence-electron chi connectivity index (χ1n) is 8.15. The van der Waals surface area contributed by atoms with Crippen molar-refractivity contribution < 1.29 is 22.7 Å². The molecular formula is C19H15ClF3N3O2. The number of carbonyl (C=O) groups is 1. The van der Waals surface area contributed by atoms with Crippen LogP contribution in [0.15, 0.2) is 54.6 Å². The minimum atomic E-state index is -4.67. The van der Waals surface area contributed by atoms with E-state index < -0.39 is 24.4 Å². The molecule has 3 aromatic rings. The van der Waals surface area contributed by atoms with Crippen LogP contribution in [-0.2, 0) is 11.0 Å².